The van der Waals surface area contributed by atoms with E-state index in [2.05, 4.69) is 19.2 Å². The zero-order valence-electron chi connectivity index (χ0n) is 24.4. The Bertz CT molecular complexity index is 682. The van der Waals surface area contributed by atoms with Gasteiger partial charge in [-0.25, -0.2) is 0 Å². The third-order valence-corrected chi connectivity index (χ3v) is 7.85. The highest BCUT2D eigenvalue weighted by atomic mass is 32.2. The molecule has 4 N–H and O–H groups in total. The summed E-state index contributed by atoms with van der Waals surface area (Å²) in [6.07, 6.45) is 24.5. The third kappa shape index (κ3) is 24.1. The van der Waals surface area contributed by atoms with Crippen molar-refractivity contribution in [3.8, 4) is 0 Å². The van der Waals surface area contributed by atoms with Crippen LogP contribution < -0.4 is 5.32 Å². The van der Waals surface area contributed by atoms with Crippen molar-refractivity contribution in [1.29, 1.82) is 0 Å². The van der Waals surface area contributed by atoms with Gasteiger partial charge < -0.3 is 15.5 Å². The molecule has 0 aromatic heterocycles. The Labute approximate surface area is 234 Å². The Morgan fingerprint density at radius 2 is 1.13 bits per heavy atom. The highest BCUT2D eigenvalue weighted by Gasteiger charge is 2.27. The van der Waals surface area contributed by atoms with Gasteiger partial charge in [-0.1, -0.05) is 142 Å². The normalized spacial score (nSPS) is 14.6. The first-order valence-electron chi connectivity index (χ1n) is 15.5. The summed E-state index contributed by atoms with van der Waals surface area (Å²) in [5, 5.41) is 23.0. The second-order valence-electron chi connectivity index (χ2n) is 10.9. The van der Waals surface area contributed by atoms with E-state index in [1.807, 2.05) is 0 Å². The van der Waals surface area contributed by atoms with Gasteiger partial charge in [-0.2, -0.15) is 8.42 Å². The molecule has 0 spiro atoms. The summed E-state index contributed by atoms with van der Waals surface area (Å²) in [6.45, 7) is 4.37. The smallest absolute Gasteiger partial charge is 0.267 e. The molecule has 0 fully saturated rings. The van der Waals surface area contributed by atoms with Crippen LogP contribution in [0, 0.1) is 0 Å². The topological polar surface area (TPSA) is 124 Å². The van der Waals surface area contributed by atoms with Crippen LogP contribution in [-0.4, -0.2) is 53.1 Å². The molecular weight excluding hydrogens is 502 g/mol. The van der Waals surface area contributed by atoms with Gasteiger partial charge in [-0.15, -0.1) is 0 Å². The van der Waals surface area contributed by atoms with Crippen molar-refractivity contribution in [1.82, 2.24) is 5.32 Å². The molecule has 0 aromatic carbocycles. The Balaban J connectivity index is 4.06. The molecule has 3 atom stereocenters. The van der Waals surface area contributed by atoms with E-state index in [1.54, 1.807) is 6.08 Å². The fraction of sp³-hybridized carbons (Fsp3) is 0.900. The second-order valence-corrected chi connectivity index (χ2v) is 12.4. The Morgan fingerprint density at radius 1 is 0.711 bits per heavy atom. The Hall–Kier alpha value is -0.960. The van der Waals surface area contributed by atoms with Gasteiger partial charge >= 0.3 is 0 Å². The van der Waals surface area contributed by atoms with Gasteiger partial charge in [0.15, 0.2) is 0 Å². The minimum atomic E-state index is -4.42. The number of aliphatic hydroxyl groups excluding tert-OH is 2. The molecule has 0 aliphatic rings. The standard InChI is InChI=1S/C30H59NO6S/c1-3-5-7-9-11-12-13-14-15-16-17-18-19-21-23-25-29(33)30(34)31-27(26-38(35,36)37)28(32)24-22-20-10-8-6-4-2/h22,24,27-29,32-33H,3-21,23,25-26H2,1-2H3,(H,31,34)(H,35,36,37)/b24-22+. The predicted octanol–water partition coefficient (Wildman–Crippen LogP) is 6.87. The van der Waals surface area contributed by atoms with E-state index in [4.69, 9.17) is 0 Å². The number of carbonyl (C=O) groups excluding carboxylic acids is 1. The number of unbranched alkanes of at least 4 members (excludes halogenated alkanes) is 18. The van der Waals surface area contributed by atoms with Crippen molar-refractivity contribution >= 4 is 16.0 Å². The van der Waals surface area contributed by atoms with E-state index in [-0.39, 0.29) is 6.42 Å². The second kappa shape index (κ2) is 25.0. The van der Waals surface area contributed by atoms with Gasteiger partial charge in [0.25, 0.3) is 10.1 Å². The van der Waals surface area contributed by atoms with Crippen LogP contribution in [-0.2, 0) is 14.9 Å². The van der Waals surface area contributed by atoms with Crippen LogP contribution in [0.4, 0.5) is 0 Å². The van der Waals surface area contributed by atoms with E-state index in [0.29, 0.717) is 6.42 Å². The van der Waals surface area contributed by atoms with Crippen molar-refractivity contribution in [2.45, 2.75) is 167 Å². The molecule has 38 heavy (non-hydrogen) atoms. The highest BCUT2D eigenvalue weighted by Crippen LogP contribution is 2.14. The summed E-state index contributed by atoms with van der Waals surface area (Å²) in [5.74, 6) is -1.54. The first-order valence-corrected chi connectivity index (χ1v) is 17.1. The van der Waals surface area contributed by atoms with Gasteiger partial charge in [0, 0.05) is 0 Å². The molecule has 1 amide bonds. The number of hydrogen-bond donors (Lipinski definition) is 4. The van der Waals surface area contributed by atoms with Crippen LogP contribution in [0.5, 0.6) is 0 Å². The number of carbonyl (C=O) groups is 1. The number of hydrogen-bond acceptors (Lipinski definition) is 5. The van der Waals surface area contributed by atoms with Crippen LogP contribution >= 0.6 is 0 Å². The van der Waals surface area contributed by atoms with Gasteiger partial charge in [-0.3, -0.25) is 9.35 Å². The molecule has 226 valence electrons. The number of rotatable bonds is 27. The molecule has 8 heteroatoms. The molecule has 7 nitrogen and oxygen atoms in total. The molecule has 0 rings (SSSR count). The van der Waals surface area contributed by atoms with Crippen LogP contribution in [0.1, 0.15) is 149 Å². The zero-order chi connectivity index (χ0) is 28.5. The van der Waals surface area contributed by atoms with E-state index >= 15 is 0 Å². The molecule has 0 aliphatic heterocycles. The molecule has 0 aliphatic carbocycles. The molecule has 0 saturated heterocycles. The number of aliphatic hydroxyl groups is 2. The van der Waals surface area contributed by atoms with Gasteiger partial charge in [0.2, 0.25) is 5.91 Å². The lowest BCUT2D eigenvalue weighted by Gasteiger charge is -2.22. The van der Waals surface area contributed by atoms with Crippen LogP contribution in [0.15, 0.2) is 12.2 Å². The van der Waals surface area contributed by atoms with Crippen molar-refractivity contribution < 1.29 is 28.0 Å². The summed E-state index contributed by atoms with van der Waals surface area (Å²) in [4.78, 5) is 12.4. The average molecular weight is 562 g/mol. The maximum atomic E-state index is 12.4. The molecule has 0 saturated carbocycles. The van der Waals surface area contributed by atoms with Crippen molar-refractivity contribution in [3.05, 3.63) is 12.2 Å². The summed E-state index contributed by atoms with van der Waals surface area (Å²) < 4.78 is 32.0. The summed E-state index contributed by atoms with van der Waals surface area (Å²) >= 11 is 0. The predicted molar refractivity (Wildman–Crippen MR) is 158 cm³/mol. The van der Waals surface area contributed by atoms with Gasteiger partial charge in [0.1, 0.15) is 6.10 Å². The molecule has 0 heterocycles. The largest absolute Gasteiger partial charge is 0.387 e. The summed E-state index contributed by atoms with van der Waals surface area (Å²) in [7, 11) is -4.42. The molecule has 3 unspecified atom stereocenters. The first kappa shape index (κ1) is 37.0. The van der Waals surface area contributed by atoms with Crippen LogP contribution in [0.25, 0.3) is 0 Å². The maximum absolute atomic E-state index is 12.4. The molecule has 0 bridgehead atoms. The highest BCUT2D eigenvalue weighted by molar-refractivity contribution is 7.85. The first-order chi connectivity index (χ1) is 18.2. The monoisotopic (exact) mass is 561 g/mol. The average Bonchev–Trinajstić information content (AvgIpc) is 2.86. The molecule has 0 aromatic rings. The van der Waals surface area contributed by atoms with E-state index in [0.717, 1.165) is 51.4 Å². The number of amides is 1. The number of nitrogens with one attached hydrogen (secondary N) is 1. The maximum Gasteiger partial charge on any atom is 0.267 e. The van der Waals surface area contributed by atoms with Crippen LogP contribution in [0.3, 0.4) is 0 Å². The lowest BCUT2D eigenvalue weighted by Crippen LogP contribution is -2.50. The minimum Gasteiger partial charge on any atom is -0.387 e. The molecule has 0 radical (unpaired) electrons. The summed E-state index contributed by atoms with van der Waals surface area (Å²) in [5.41, 5.74) is 0. The quantitative estimate of drug-likeness (QED) is 0.0493. The SMILES string of the molecule is CCCCCC/C=C/C(O)C(CS(=O)(=O)O)NC(=O)C(O)CCCCCCCCCCCCCCCCC. The Morgan fingerprint density at radius 3 is 1.58 bits per heavy atom. The fourth-order valence-corrected chi connectivity index (χ4v) is 5.36. The van der Waals surface area contributed by atoms with Crippen molar-refractivity contribution in [3.63, 3.8) is 0 Å². The molecular formula is C30H59NO6S. The van der Waals surface area contributed by atoms with Crippen molar-refractivity contribution in [2.24, 2.45) is 0 Å². The zero-order valence-corrected chi connectivity index (χ0v) is 25.2. The number of allylic oxidation sites excluding steroid dienone is 1. The van der Waals surface area contributed by atoms with Crippen LogP contribution in [0.2, 0.25) is 0 Å². The van der Waals surface area contributed by atoms with Crippen molar-refractivity contribution in [2.75, 3.05) is 5.75 Å². The van der Waals surface area contributed by atoms with E-state index < -0.39 is 40.0 Å². The van der Waals surface area contributed by atoms with Gasteiger partial charge in [-0.05, 0) is 19.3 Å². The lowest BCUT2D eigenvalue weighted by atomic mass is 10.0. The minimum absolute atomic E-state index is 0.284. The third-order valence-electron chi connectivity index (χ3n) is 7.07. The van der Waals surface area contributed by atoms with Gasteiger partial charge in [0.05, 0.1) is 17.9 Å². The fourth-order valence-electron chi connectivity index (χ4n) is 4.63. The van der Waals surface area contributed by atoms with E-state index in [1.165, 1.54) is 76.7 Å². The lowest BCUT2D eigenvalue weighted by molar-refractivity contribution is -0.130. The Kier molecular flexibility index (Phi) is 24.4. The summed E-state index contributed by atoms with van der Waals surface area (Å²) in [6, 6.07) is -1.22. The van der Waals surface area contributed by atoms with E-state index in [9.17, 15) is 28.0 Å².